The van der Waals surface area contributed by atoms with Gasteiger partial charge in [0.05, 0.1) is 4.92 Å². The minimum atomic E-state index is -0.578. The van der Waals surface area contributed by atoms with E-state index in [-0.39, 0.29) is 17.3 Å². The Morgan fingerprint density at radius 3 is 2.68 bits per heavy atom. The van der Waals surface area contributed by atoms with Crippen molar-refractivity contribution >= 4 is 23.4 Å². The Hall–Kier alpha value is -1.86. The predicted octanol–water partition coefficient (Wildman–Crippen LogP) is 2.64. The van der Waals surface area contributed by atoms with Crippen LogP contribution in [0.3, 0.4) is 0 Å². The van der Waals surface area contributed by atoms with E-state index in [9.17, 15) is 14.9 Å². The number of nitro groups is 1. The molecule has 122 valence electrons. The predicted molar refractivity (Wildman–Crippen MR) is 84.0 cm³/mol. The van der Waals surface area contributed by atoms with Crippen LogP contribution in [0.4, 0.5) is 10.5 Å². The molecule has 1 aromatic rings. The largest absolute Gasteiger partial charge is 0.444 e. The summed E-state index contributed by atoms with van der Waals surface area (Å²) in [4.78, 5) is 21.8. The summed E-state index contributed by atoms with van der Waals surface area (Å²) in [5, 5.41) is 13.5. The highest BCUT2D eigenvalue weighted by Crippen LogP contribution is 2.25. The average molecular weight is 330 g/mol. The molecule has 1 atom stereocenters. The summed E-state index contributed by atoms with van der Waals surface area (Å²) >= 11 is 5.75. The van der Waals surface area contributed by atoms with Gasteiger partial charge in [-0.15, -0.1) is 0 Å². The van der Waals surface area contributed by atoms with E-state index in [0.29, 0.717) is 12.0 Å². The van der Waals surface area contributed by atoms with Crippen LogP contribution < -0.4 is 11.1 Å². The van der Waals surface area contributed by atoms with E-state index in [1.807, 2.05) is 0 Å². The first-order chi connectivity index (χ1) is 10.1. The third-order valence-corrected chi connectivity index (χ3v) is 2.93. The van der Waals surface area contributed by atoms with Gasteiger partial charge in [-0.25, -0.2) is 4.79 Å². The summed E-state index contributed by atoms with van der Waals surface area (Å²) in [6, 6.07) is 4.12. The summed E-state index contributed by atoms with van der Waals surface area (Å²) in [5.41, 5.74) is 5.85. The molecule has 0 aliphatic heterocycles. The number of nitrogens with one attached hydrogen (secondary N) is 1. The van der Waals surface area contributed by atoms with E-state index >= 15 is 0 Å². The summed E-state index contributed by atoms with van der Waals surface area (Å²) in [6.45, 7) is 5.49. The normalized spacial score (nSPS) is 12.6. The summed E-state index contributed by atoms with van der Waals surface area (Å²) in [5.74, 6) is 0. The molecule has 0 heterocycles. The second kappa shape index (κ2) is 7.42. The van der Waals surface area contributed by atoms with Gasteiger partial charge in [-0.1, -0.05) is 17.7 Å². The van der Waals surface area contributed by atoms with E-state index in [1.54, 1.807) is 26.8 Å². The molecule has 1 rings (SSSR count). The van der Waals surface area contributed by atoms with Crippen LogP contribution in [0.5, 0.6) is 0 Å². The van der Waals surface area contributed by atoms with E-state index in [4.69, 9.17) is 22.1 Å². The first-order valence-electron chi connectivity index (χ1n) is 6.74. The van der Waals surface area contributed by atoms with Gasteiger partial charge in [-0.2, -0.15) is 0 Å². The Kier molecular flexibility index (Phi) is 6.13. The van der Waals surface area contributed by atoms with Crippen LogP contribution in [-0.4, -0.2) is 29.2 Å². The van der Waals surface area contributed by atoms with Gasteiger partial charge in [0, 0.05) is 18.7 Å². The van der Waals surface area contributed by atoms with Crippen molar-refractivity contribution in [2.24, 2.45) is 5.73 Å². The molecule has 1 amide bonds. The van der Waals surface area contributed by atoms with Crippen LogP contribution in [0.1, 0.15) is 26.3 Å². The molecule has 0 aliphatic rings. The fourth-order valence-corrected chi connectivity index (χ4v) is 1.92. The van der Waals surface area contributed by atoms with Crippen molar-refractivity contribution < 1.29 is 14.5 Å². The Morgan fingerprint density at radius 2 is 2.14 bits per heavy atom. The summed E-state index contributed by atoms with van der Waals surface area (Å²) in [6.07, 6.45) is -0.182. The second-order valence-corrected chi connectivity index (χ2v) is 6.30. The van der Waals surface area contributed by atoms with Crippen molar-refractivity contribution in [1.82, 2.24) is 5.32 Å². The first-order valence-corrected chi connectivity index (χ1v) is 7.11. The maximum absolute atomic E-state index is 11.5. The lowest BCUT2D eigenvalue weighted by Gasteiger charge is -2.20. The van der Waals surface area contributed by atoms with Crippen molar-refractivity contribution in [3.8, 4) is 0 Å². The molecule has 8 heteroatoms. The molecule has 22 heavy (non-hydrogen) atoms. The summed E-state index contributed by atoms with van der Waals surface area (Å²) < 4.78 is 5.09. The van der Waals surface area contributed by atoms with Gasteiger partial charge in [-0.3, -0.25) is 10.1 Å². The lowest BCUT2D eigenvalue weighted by Crippen LogP contribution is -2.41. The van der Waals surface area contributed by atoms with Gasteiger partial charge in [0.2, 0.25) is 0 Å². The Morgan fingerprint density at radius 1 is 1.50 bits per heavy atom. The number of amides is 1. The zero-order valence-corrected chi connectivity index (χ0v) is 13.5. The number of carbonyl (C=O) groups excluding carboxylic acids is 1. The highest BCUT2D eigenvalue weighted by Gasteiger charge is 2.17. The van der Waals surface area contributed by atoms with Crippen molar-refractivity contribution in [2.75, 3.05) is 6.54 Å². The van der Waals surface area contributed by atoms with Crippen molar-refractivity contribution in [1.29, 1.82) is 0 Å². The van der Waals surface area contributed by atoms with Crippen LogP contribution >= 0.6 is 11.6 Å². The molecule has 0 saturated carbocycles. The molecule has 0 spiro atoms. The molecule has 1 aromatic carbocycles. The van der Waals surface area contributed by atoms with Crippen molar-refractivity contribution in [2.45, 2.75) is 38.8 Å². The molecule has 0 aliphatic carbocycles. The van der Waals surface area contributed by atoms with Gasteiger partial charge >= 0.3 is 6.09 Å². The number of hydrogen-bond acceptors (Lipinski definition) is 5. The molecule has 7 nitrogen and oxygen atoms in total. The molecule has 3 N–H and O–H groups in total. The van der Waals surface area contributed by atoms with Crippen molar-refractivity contribution in [3.63, 3.8) is 0 Å². The average Bonchev–Trinajstić information content (AvgIpc) is 2.36. The van der Waals surface area contributed by atoms with Gasteiger partial charge in [0.1, 0.15) is 10.6 Å². The molecule has 1 unspecified atom stereocenters. The van der Waals surface area contributed by atoms with Gasteiger partial charge in [0.25, 0.3) is 5.69 Å². The molecule has 0 fully saturated rings. The molecule has 0 aromatic heterocycles. The van der Waals surface area contributed by atoms with Gasteiger partial charge in [0.15, 0.2) is 0 Å². The number of ether oxygens (including phenoxy) is 1. The smallest absolute Gasteiger partial charge is 0.407 e. The van der Waals surface area contributed by atoms with Crippen LogP contribution in [0.25, 0.3) is 0 Å². The lowest BCUT2D eigenvalue weighted by molar-refractivity contribution is -0.384. The zero-order chi connectivity index (χ0) is 16.9. The minimum Gasteiger partial charge on any atom is -0.444 e. The minimum absolute atomic E-state index is 0.0780. The van der Waals surface area contributed by atoms with Gasteiger partial charge < -0.3 is 15.8 Å². The maximum atomic E-state index is 11.5. The number of nitro benzene ring substituents is 1. The fraction of sp³-hybridized carbons (Fsp3) is 0.500. The molecule has 0 radical (unpaired) electrons. The van der Waals surface area contributed by atoms with E-state index in [1.165, 1.54) is 12.1 Å². The molecular formula is C14H20ClN3O4. The quantitative estimate of drug-likeness (QED) is 0.637. The Bertz CT molecular complexity index is 558. The third kappa shape index (κ3) is 6.28. The van der Waals surface area contributed by atoms with Crippen LogP contribution in [0.2, 0.25) is 5.02 Å². The van der Waals surface area contributed by atoms with E-state index < -0.39 is 22.7 Å². The van der Waals surface area contributed by atoms with E-state index in [2.05, 4.69) is 5.32 Å². The number of halogens is 1. The Balaban J connectivity index is 2.55. The topological polar surface area (TPSA) is 107 Å². The van der Waals surface area contributed by atoms with Crippen LogP contribution in [0, 0.1) is 10.1 Å². The number of rotatable bonds is 5. The lowest BCUT2D eigenvalue weighted by atomic mass is 10.1. The highest BCUT2D eigenvalue weighted by atomic mass is 35.5. The fourth-order valence-electron chi connectivity index (χ4n) is 1.73. The Labute approximate surface area is 133 Å². The van der Waals surface area contributed by atoms with E-state index in [0.717, 1.165) is 0 Å². The van der Waals surface area contributed by atoms with Crippen molar-refractivity contribution in [3.05, 3.63) is 38.9 Å². The molecule has 0 bridgehead atoms. The molecule has 0 saturated heterocycles. The number of nitrogens with two attached hydrogens (primary N) is 1. The third-order valence-electron chi connectivity index (χ3n) is 2.61. The standard InChI is InChI=1S/C14H20ClN3O4/c1-14(2,3)22-13(19)17-8-10(16)6-9-4-5-11(15)12(7-9)18(20)21/h4-5,7,10H,6,8,16H2,1-3H3,(H,17,19). The number of hydrogen-bond donors (Lipinski definition) is 2. The van der Waals surface area contributed by atoms with Gasteiger partial charge in [-0.05, 0) is 38.8 Å². The monoisotopic (exact) mass is 329 g/mol. The van der Waals surface area contributed by atoms with Crippen LogP contribution in [-0.2, 0) is 11.2 Å². The number of benzene rings is 1. The maximum Gasteiger partial charge on any atom is 0.407 e. The summed E-state index contributed by atoms with van der Waals surface area (Å²) in [7, 11) is 0. The highest BCUT2D eigenvalue weighted by molar-refractivity contribution is 6.32. The molecular weight excluding hydrogens is 310 g/mol. The van der Waals surface area contributed by atoms with Crippen LogP contribution in [0.15, 0.2) is 18.2 Å². The SMILES string of the molecule is CC(C)(C)OC(=O)NCC(N)Cc1ccc(Cl)c([N+](=O)[O-])c1. The zero-order valence-electron chi connectivity index (χ0n) is 12.8. The number of alkyl carbamates (subject to hydrolysis) is 1. The second-order valence-electron chi connectivity index (χ2n) is 5.89. The first kappa shape index (κ1) is 18.2. The number of carbonyl (C=O) groups is 1. The number of nitrogens with zero attached hydrogens (tertiary/aromatic N) is 1.